The molecule has 2 aliphatic rings. The fraction of sp³-hybridized carbons (Fsp3) is 0.625. The molecule has 0 aromatic carbocycles. The van der Waals surface area contributed by atoms with Gasteiger partial charge in [0.2, 0.25) is 0 Å². The number of rotatable bonds is 5. The first kappa shape index (κ1) is 13.1. The Morgan fingerprint density at radius 3 is 2.95 bits per heavy atom. The van der Waals surface area contributed by atoms with Crippen molar-refractivity contribution in [1.29, 1.82) is 0 Å². The van der Waals surface area contributed by atoms with Crippen molar-refractivity contribution in [2.75, 3.05) is 18.4 Å². The van der Waals surface area contributed by atoms with Crippen molar-refractivity contribution in [3.63, 3.8) is 0 Å². The monoisotopic (exact) mass is 285 g/mol. The van der Waals surface area contributed by atoms with Gasteiger partial charge in [-0.1, -0.05) is 13.3 Å². The number of hydrogen-bond acceptors (Lipinski definition) is 4. The molecule has 2 aromatic rings. The average molecular weight is 285 g/mol. The van der Waals surface area contributed by atoms with Gasteiger partial charge in [0, 0.05) is 36.3 Å². The van der Waals surface area contributed by atoms with Crippen LogP contribution in [0.4, 0.5) is 5.82 Å². The van der Waals surface area contributed by atoms with Gasteiger partial charge in [0.1, 0.15) is 5.82 Å². The van der Waals surface area contributed by atoms with Crippen LogP contribution in [0.2, 0.25) is 0 Å². The maximum atomic E-state index is 4.79. The highest BCUT2D eigenvalue weighted by Crippen LogP contribution is 2.39. The van der Waals surface area contributed by atoms with Crippen LogP contribution < -0.4 is 10.6 Å². The molecule has 0 spiro atoms. The Kier molecular flexibility index (Phi) is 3.30. The van der Waals surface area contributed by atoms with Crippen molar-refractivity contribution >= 4 is 11.5 Å². The minimum atomic E-state index is 0.499. The van der Waals surface area contributed by atoms with Crippen molar-refractivity contribution in [2.45, 2.75) is 51.0 Å². The van der Waals surface area contributed by atoms with Crippen LogP contribution in [0, 0.1) is 0 Å². The first-order valence-corrected chi connectivity index (χ1v) is 8.20. The van der Waals surface area contributed by atoms with Gasteiger partial charge < -0.3 is 10.6 Å². The van der Waals surface area contributed by atoms with E-state index in [1.807, 2.05) is 4.52 Å². The number of aryl methyl sites for hydroxylation is 1. The Balaban J connectivity index is 1.72. The summed E-state index contributed by atoms with van der Waals surface area (Å²) in [5.74, 6) is 1.77. The van der Waals surface area contributed by atoms with E-state index < -0.39 is 0 Å². The average Bonchev–Trinajstić information content (AvgIpc) is 3.03. The van der Waals surface area contributed by atoms with E-state index in [1.54, 1.807) is 0 Å². The van der Waals surface area contributed by atoms with Crippen LogP contribution >= 0.6 is 0 Å². The lowest BCUT2D eigenvalue weighted by Crippen LogP contribution is -2.24. The highest BCUT2D eigenvalue weighted by atomic mass is 15.3. The summed E-state index contributed by atoms with van der Waals surface area (Å²) in [4.78, 5) is 4.78. The lowest BCUT2D eigenvalue weighted by Gasteiger charge is -2.15. The SMILES string of the molecule is CCCc1cc(NC2CCNC2)n2nc(C3CC3)cc2n1. The molecule has 2 N–H and O–H groups in total. The van der Waals surface area contributed by atoms with E-state index in [0.29, 0.717) is 12.0 Å². The van der Waals surface area contributed by atoms with Crippen LogP contribution in [-0.2, 0) is 6.42 Å². The Bertz CT molecular complexity index is 637. The number of fused-ring (bicyclic) bond motifs is 1. The molecule has 3 heterocycles. The quantitative estimate of drug-likeness (QED) is 0.885. The van der Waals surface area contributed by atoms with Gasteiger partial charge in [-0.2, -0.15) is 9.61 Å². The van der Waals surface area contributed by atoms with Crippen LogP contribution in [0.25, 0.3) is 5.65 Å². The number of hydrogen-bond donors (Lipinski definition) is 2. The van der Waals surface area contributed by atoms with Crippen LogP contribution in [-0.4, -0.2) is 33.7 Å². The zero-order valence-corrected chi connectivity index (χ0v) is 12.6. The minimum Gasteiger partial charge on any atom is -0.366 e. The van der Waals surface area contributed by atoms with Crippen molar-refractivity contribution < 1.29 is 0 Å². The maximum absolute atomic E-state index is 4.79. The van der Waals surface area contributed by atoms with Gasteiger partial charge in [-0.05, 0) is 32.2 Å². The standard InChI is InChI=1S/C16H23N5/c1-2-3-12-8-15(19-13-6-7-17-10-13)21-16(18-12)9-14(20-21)11-4-5-11/h8-9,11,13,17,19H,2-7,10H2,1H3. The fourth-order valence-electron chi connectivity index (χ4n) is 3.10. The molecule has 5 nitrogen and oxygen atoms in total. The lowest BCUT2D eigenvalue weighted by atomic mass is 10.2. The third kappa shape index (κ3) is 2.62. The van der Waals surface area contributed by atoms with E-state index in [2.05, 4.69) is 29.7 Å². The summed E-state index contributed by atoms with van der Waals surface area (Å²) in [7, 11) is 0. The Labute approximate surface area is 125 Å². The third-order valence-corrected chi connectivity index (χ3v) is 4.41. The molecule has 112 valence electrons. The summed E-state index contributed by atoms with van der Waals surface area (Å²) in [5, 5.41) is 11.8. The van der Waals surface area contributed by atoms with Crippen LogP contribution in [0.15, 0.2) is 12.1 Å². The third-order valence-electron chi connectivity index (χ3n) is 4.41. The topological polar surface area (TPSA) is 54.2 Å². The van der Waals surface area contributed by atoms with Gasteiger partial charge in [-0.3, -0.25) is 0 Å². The second-order valence-corrected chi connectivity index (χ2v) is 6.33. The van der Waals surface area contributed by atoms with E-state index in [1.165, 1.54) is 30.7 Å². The fourth-order valence-corrected chi connectivity index (χ4v) is 3.10. The summed E-state index contributed by atoms with van der Waals surface area (Å²) in [6.07, 6.45) is 5.88. The van der Waals surface area contributed by atoms with Crippen LogP contribution in [0.1, 0.15) is 49.9 Å². The molecule has 2 fully saturated rings. The van der Waals surface area contributed by atoms with Gasteiger partial charge in [0.25, 0.3) is 0 Å². The van der Waals surface area contributed by atoms with Gasteiger partial charge in [-0.15, -0.1) is 0 Å². The maximum Gasteiger partial charge on any atom is 0.157 e. The summed E-state index contributed by atoms with van der Waals surface area (Å²) < 4.78 is 2.01. The molecule has 1 aliphatic carbocycles. The summed E-state index contributed by atoms with van der Waals surface area (Å²) in [5.41, 5.74) is 3.38. The van der Waals surface area contributed by atoms with Crippen LogP contribution in [0.5, 0.6) is 0 Å². The molecule has 1 unspecified atom stereocenters. The highest BCUT2D eigenvalue weighted by molar-refractivity contribution is 5.52. The Morgan fingerprint density at radius 1 is 1.33 bits per heavy atom. The summed E-state index contributed by atoms with van der Waals surface area (Å²) in [6, 6.07) is 4.85. The molecule has 0 bridgehead atoms. The second kappa shape index (κ2) is 5.30. The van der Waals surface area contributed by atoms with Gasteiger partial charge in [0.05, 0.1) is 5.69 Å². The Morgan fingerprint density at radius 2 is 2.24 bits per heavy atom. The smallest absolute Gasteiger partial charge is 0.157 e. The number of nitrogens with zero attached hydrogens (tertiary/aromatic N) is 3. The molecule has 0 amide bonds. The summed E-state index contributed by atoms with van der Waals surface area (Å²) >= 11 is 0. The molecule has 1 saturated heterocycles. The first-order chi connectivity index (χ1) is 10.3. The molecule has 4 rings (SSSR count). The van der Waals surface area contributed by atoms with E-state index in [9.17, 15) is 0 Å². The first-order valence-electron chi connectivity index (χ1n) is 8.20. The zero-order valence-electron chi connectivity index (χ0n) is 12.6. The van der Waals surface area contributed by atoms with E-state index >= 15 is 0 Å². The molecule has 2 aromatic heterocycles. The summed E-state index contributed by atoms with van der Waals surface area (Å²) in [6.45, 7) is 4.33. The van der Waals surface area contributed by atoms with E-state index in [4.69, 9.17) is 10.1 Å². The van der Waals surface area contributed by atoms with E-state index in [0.717, 1.165) is 37.4 Å². The minimum absolute atomic E-state index is 0.499. The predicted octanol–water partition coefficient (Wildman–Crippen LogP) is 2.33. The molecular weight excluding hydrogens is 262 g/mol. The van der Waals surface area contributed by atoms with Crippen molar-refractivity contribution in [2.24, 2.45) is 0 Å². The predicted molar refractivity (Wildman–Crippen MR) is 83.9 cm³/mol. The molecule has 21 heavy (non-hydrogen) atoms. The number of nitrogens with one attached hydrogen (secondary N) is 2. The molecule has 0 radical (unpaired) electrons. The molecule has 1 atom stereocenters. The number of aromatic nitrogens is 3. The van der Waals surface area contributed by atoms with Crippen LogP contribution in [0.3, 0.4) is 0 Å². The van der Waals surface area contributed by atoms with Gasteiger partial charge in [-0.25, -0.2) is 4.98 Å². The van der Waals surface area contributed by atoms with Crippen molar-refractivity contribution in [3.8, 4) is 0 Å². The Hall–Kier alpha value is -1.62. The number of anilines is 1. The zero-order chi connectivity index (χ0) is 14.2. The van der Waals surface area contributed by atoms with Gasteiger partial charge >= 0.3 is 0 Å². The van der Waals surface area contributed by atoms with Gasteiger partial charge in [0.15, 0.2) is 5.65 Å². The largest absolute Gasteiger partial charge is 0.366 e. The lowest BCUT2D eigenvalue weighted by molar-refractivity contribution is 0.766. The molecule has 1 aliphatic heterocycles. The normalized spacial score (nSPS) is 22.0. The van der Waals surface area contributed by atoms with Crippen molar-refractivity contribution in [1.82, 2.24) is 19.9 Å². The van der Waals surface area contributed by atoms with E-state index in [-0.39, 0.29) is 0 Å². The molecule has 1 saturated carbocycles. The molecular formula is C16H23N5. The second-order valence-electron chi connectivity index (χ2n) is 6.33. The highest BCUT2D eigenvalue weighted by Gasteiger charge is 2.27. The van der Waals surface area contributed by atoms with Crippen molar-refractivity contribution in [3.05, 3.63) is 23.5 Å². The molecule has 5 heteroatoms.